The van der Waals surface area contributed by atoms with E-state index in [0.29, 0.717) is 12.0 Å². The number of fused-ring (bicyclic) bond motifs is 1. The van der Waals surface area contributed by atoms with Crippen LogP contribution in [0.25, 0.3) is 4.96 Å². The van der Waals surface area contributed by atoms with E-state index in [2.05, 4.69) is 10.3 Å². The molecule has 1 aromatic carbocycles. The van der Waals surface area contributed by atoms with Gasteiger partial charge in [0.15, 0.2) is 4.96 Å². The van der Waals surface area contributed by atoms with Gasteiger partial charge in [0.2, 0.25) is 0 Å². The van der Waals surface area contributed by atoms with Crippen LogP contribution >= 0.6 is 11.3 Å². The van der Waals surface area contributed by atoms with Crippen molar-refractivity contribution in [1.29, 1.82) is 0 Å². The summed E-state index contributed by atoms with van der Waals surface area (Å²) < 4.78 is 1.96. The highest BCUT2D eigenvalue weighted by Gasteiger charge is 2.15. The number of amides is 1. The molecule has 2 N–H and O–H groups in total. The van der Waals surface area contributed by atoms with Crippen molar-refractivity contribution in [2.24, 2.45) is 0 Å². The van der Waals surface area contributed by atoms with Crippen LogP contribution in [0.3, 0.4) is 0 Å². The van der Waals surface area contributed by atoms with Crippen molar-refractivity contribution in [1.82, 2.24) is 14.7 Å². The Bertz CT molecular complexity index is 830. The van der Waals surface area contributed by atoms with Crippen molar-refractivity contribution in [3.8, 4) is 0 Å². The smallest absolute Gasteiger partial charge is 0.251 e. The van der Waals surface area contributed by atoms with E-state index >= 15 is 0 Å². The molecule has 0 bridgehead atoms. The van der Waals surface area contributed by atoms with Crippen molar-refractivity contribution < 1.29 is 9.90 Å². The fourth-order valence-electron chi connectivity index (χ4n) is 2.58. The van der Waals surface area contributed by atoms with Gasteiger partial charge >= 0.3 is 0 Å². The van der Waals surface area contributed by atoms with Crippen molar-refractivity contribution in [2.75, 3.05) is 0 Å². The monoisotopic (exact) mass is 357 g/mol. The number of aryl methyl sites for hydroxylation is 1. The van der Waals surface area contributed by atoms with Gasteiger partial charge in [0.25, 0.3) is 5.91 Å². The van der Waals surface area contributed by atoms with Gasteiger partial charge < -0.3 is 10.4 Å². The van der Waals surface area contributed by atoms with Gasteiger partial charge in [0.1, 0.15) is 0 Å². The first-order valence-corrected chi connectivity index (χ1v) is 9.24. The number of rotatable bonds is 6. The predicted molar refractivity (Wildman–Crippen MR) is 100 cm³/mol. The average molecular weight is 357 g/mol. The van der Waals surface area contributed by atoms with Gasteiger partial charge in [-0.2, -0.15) is 0 Å². The highest BCUT2D eigenvalue weighted by molar-refractivity contribution is 7.15. The van der Waals surface area contributed by atoms with E-state index in [1.165, 1.54) is 0 Å². The second-order valence-electron chi connectivity index (χ2n) is 6.96. The summed E-state index contributed by atoms with van der Waals surface area (Å²) in [4.78, 5) is 17.9. The van der Waals surface area contributed by atoms with Crippen LogP contribution in [0.1, 0.15) is 54.8 Å². The van der Waals surface area contributed by atoms with Crippen LogP contribution in [0.2, 0.25) is 0 Å². The Labute approximate surface area is 151 Å². The maximum atomic E-state index is 12.4. The zero-order chi connectivity index (χ0) is 18.0. The lowest BCUT2D eigenvalue weighted by Gasteiger charge is -2.16. The number of benzene rings is 1. The lowest BCUT2D eigenvalue weighted by atomic mass is 9.98. The van der Waals surface area contributed by atoms with Crippen molar-refractivity contribution in [3.63, 3.8) is 0 Å². The van der Waals surface area contributed by atoms with E-state index in [1.807, 2.05) is 53.4 Å². The molecule has 5 nitrogen and oxygen atoms in total. The van der Waals surface area contributed by atoms with Gasteiger partial charge in [-0.1, -0.05) is 12.1 Å². The molecule has 2 heterocycles. The van der Waals surface area contributed by atoms with Crippen LogP contribution in [-0.4, -0.2) is 26.0 Å². The van der Waals surface area contributed by atoms with Crippen LogP contribution in [0.5, 0.6) is 0 Å². The Kier molecular flexibility index (Phi) is 4.92. The first-order valence-electron chi connectivity index (χ1n) is 8.36. The first-order chi connectivity index (χ1) is 11.8. The fraction of sp³-hybridized carbons (Fsp3) is 0.368. The molecule has 3 aromatic rings. The second-order valence-corrected chi connectivity index (χ2v) is 7.84. The molecule has 2 aromatic heterocycles. The quantitative estimate of drug-likeness (QED) is 0.708. The molecule has 132 valence electrons. The van der Waals surface area contributed by atoms with E-state index in [-0.39, 0.29) is 11.9 Å². The molecule has 0 aliphatic heterocycles. The minimum absolute atomic E-state index is 0.113. The van der Waals surface area contributed by atoms with E-state index < -0.39 is 5.60 Å². The lowest BCUT2D eigenvalue weighted by Crippen LogP contribution is -2.26. The molecular formula is C19H23N3O2S. The molecule has 6 heteroatoms. The molecular weight excluding hydrogens is 334 g/mol. The number of carbonyl (C=O) groups excluding carboxylic acids is 1. The van der Waals surface area contributed by atoms with Gasteiger partial charge in [-0.15, -0.1) is 11.3 Å². The maximum Gasteiger partial charge on any atom is 0.251 e. The first kappa shape index (κ1) is 17.6. The third kappa shape index (κ3) is 4.46. The fourth-order valence-corrected chi connectivity index (χ4v) is 3.29. The minimum Gasteiger partial charge on any atom is -0.390 e. The Balaban J connectivity index is 1.61. The van der Waals surface area contributed by atoms with E-state index in [1.54, 1.807) is 25.2 Å². The van der Waals surface area contributed by atoms with E-state index in [4.69, 9.17) is 0 Å². The minimum atomic E-state index is -0.677. The number of thiazole rings is 1. The van der Waals surface area contributed by atoms with Gasteiger partial charge in [-0.25, -0.2) is 4.98 Å². The molecule has 3 rings (SSSR count). The molecule has 0 saturated carbocycles. The SMILES string of the molecule is C[C@H](NC(=O)c1ccc(CCC(C)(C)O)cc1)c1cn2ccsc2n1. The summed E-state index contributed by atoms with van der Waals surface area (Å²) in [6.07, 6.45) is 5.37. The number of aromatic nitrogens is 2. The van der Waals surface area contributed by atoms with Gasteiger partial charge in [-0.05, 0) is 51.3 Å². The number of hydrogen-bond donors (Lipinski definition) is 2. The zero-order valence-electron chi connectivity index (χ0n) is 14.7. The topological polar surface area (TPSA) is 66.6 Å². The Morgan fingerprint density at radius 2 is 2.08 bits per heavy atom. The highest BCUT2D eigenvalue weighted by atomic mass is 32.1. The highest BCUT2D eigenvalue weighted by Crippen LogP contribution is 2.18. The van der Waals surface area contributed by atoms with E-state index in [0.717, 1.165) is 22.6 Å². The van der Waals surface area contributed by atoms with Gasteiger partial charge in [0, 0.05) is 23.3 Å². The molecule has 0 aliphatic carbocycles. The van der Waals surface area contributed by atoms with Gasteiger partial charge in [-0.3, -0.25) is 9.20 Å². The number of carbonyl (C=O) groups is 1. The molecule has 1 atom stereocenters. The number of nitrogens with zero attached hydrogens (tertiary/aromatic N) is 2. The third-order valence-corrected chi connectivity index (χ3v) is 4.92. The number of aliphatic hydroxyl groups is 1. The molecule has 0 aliphatic rings. The summed E-state index contributed by atoms with van der Waals surface area (Å²) in [5, 5.41) is 14.8. The summed E-state index contributed by atoms with van der Waals surface area (Å²) in [6, 6.07) is 7.38. The van der Waals surface area contributed by atoms with Crippen LogP contribution in [0.4, 0.5) is 0 Å². The zero-order valence-corrected chi connectivity index (χ0v) is 15.5. The second kappa shape index (κ2) is 6.98. The summed E-state index contributed by atoms with van der Waals surface area (Å²) in [5.41, 5.74) is 1.91. The summed E-state index contributed by atoms with van der Waals surface area (Å²) in [6.45, 7) is 5.54. The van der Waals surface area contributed by atoms with Crippen LogP contribution in [0.15, 0.2) is 42.0 Å². The Hall–Kier alpha value is -2.18. The standard InChI is InChI=1S/C19H23N3O2S/c1-13(16-12-22-10-11-25-18(22)21-16)20-17(23)15-6-4-14(5-7-15)8-9-19(2,3)24/h4-7,10-13,24H,8-9H2,1-3H3,(H,20,23)/t13-/m0/s1. The van der Waals surface area contributed by atoms with Crippen molar-refractivity contribution in [3.05, 3.63) is 58.9 Å². The molecule has 0 spiro atoms. The van der Waals surface area contributed by atoms with Crippen molar-refractivity contribution in [2.45, 2.75) is 45.3 Å². The molecule has 0 unspecified atom stereocenters. The Morgan fingerprint density at radius 1 is 1.36 bits per heavy atom. The molecule has 0 saturated heterocycles. The van der Waals surface area contributed by atoms with Crippen LogP contribution < -0.4 is 5.32 Å². The Morgan fingerprint density at radius 3 is 2.72 bits per heavy atom. The number of hydrogen-bond acceptors (Lipinski definition) is 4. The predicted octanol–water partition coefficient (Wildman–Crippen LogP) is 3.59. The molecule has 25 heavy (non-hydrogen) atoms. The van der Waals surface area contributed by atoms with Crippen molar-refractivity contribution >= 4 is 22.2 Å². The number of nitrogens with one attached hydrogen (secondary N) is 1. The van der Waals surface area contributed by atoms with Crippen LogP contribution in [-0.2, 0) is 6.42 Å². The van der Waals surface area contributed by atoms with Crippen LogP contribution in [0, 0.1) is 0 Å². The number of imidazole rings is 1. The molecule has 0 fully saturated rings. The average Bonchev–Trinajstić information content (AvgIpc) is 3.14. The molecule has 1 amide bonds. The summed E-state index contributed by atoms with van der Waals surface area (Å²) >= 11 is 1.57. The van der Waals surface area contributed by atoms with Gasteiger partial charge in [0.05, 0.1) is 17.3 Å². The largest absolute Gasteiger partial charge is 0.390 e. The summed E-state index contributed by atoms with van der Waals surface area (Å²) in [5.74, 6) is -0.113. The lowest BCUT2D eigenvalue weighted by molar-refractivity contribution is 0.0713. The van der Waals surface area contributed by atoms with E-state index in [9.17, 15) is 9.90 Å². The summed E-state index contributed by atoms with van der Waals surface area (Å²) in [7, 11) is 0. The maximum absolute atomic E-state index is 12.4. The molecule has 0 radical (unpaired) electrons. The normalized spacial score (nSPS) is 13.1. The third-order valence-electron chi connectivity index (χ3n) is 4.14.